The van der Waals surface area contributed by atoms with Crippen molar-refractivity contribution in [3.8, 4) is 0 Å². The molecule has 0 radical (unpaired) electrons. The summed E-state index contributed by atoms with van der Waals surface area (Å²) in [5.74, 6) is 0.504. The fourth-order valence-corrected chi connectivity index (χ4v) is 8.16. The van der Waals surface area contributed by atoms with Crippen LogP contribution in [0.5, 0.6) is 0 Å². The highest BCUT2D eigenvalue weighted by molar-refractivity contribution is 8.00. The summed E-state index contributed by atoms with van der Waals surface area (Å²) in [6, 6.07) is 16.9. The number of guanidine groups is 1. The molecule has 0 aromatic heterocycles. The molecule has 0 bridgehead atoms. The SMILES string of the molecule is O=S(=O)(O)CCCSC1N=C(Nc2ccc(NNc3ccc4cccc(S(=O)(=O)O)c4c3)cc2)NC(SCCCS(=O)(=O)O)N1. The van der Waals surface area contributed by atoms with Crippen molar-refractivity contribution in [1.29, 1.82) is 0 Å². The van der Waals surface area contributed by atoms with E-state index in [1.165, 1.54) is 29.6 Å². The number of nitrogens with zero attached hydrogens (tertiary/aromatic N) is 1. The van der Waals surface area contributed by atoms with Gasteiger partial charge in [0.05, 0.1) is 22.9 Å². The maximum absolute atomic E-state index is 11.8. The topological polar surface area (TPSA) is 236 Å². The number of thioether (sulfide) groups is 2. The molecule has 246 valence electrons. The number of aliphatic imine (C=N–C) groups is 1. The summed E-state index contributed by atoms with van der Waals surface area (Å²) in [5.41, 5.74) is 7.13. The van der Waals surface area contributed by atoms with Gasteiger partial charge in [-0.25, -0.2) is 4.99 Å². The molecule has 0 saturated carbocycles. The summed E-state index contributed by atoms with van der Waals surface area (Å²) in [7, 11) is -12.5. The second kappa shape index (κ2) is 15.2. The number of nitrogens with one attached hydrogen (secondary N) is 5. The van der Waals surface area contributed by atoms with E-state index in [0.29, 0.717) is 45.3 Å². The van der Waals surface area contributed by atoms with Gasteiger partial charge in [0.1, 0.15) is 10.4 Å². The van der Waals surface area contributed by atoms with E-state index in [1.807, 2.05) is 0 Å². The van der Waals surface area contributed by atoms with Gasteiger partial charge in [-0.1, -0.05) is 18.2 Å². The van der Waals surface area contributed by atoms with Crippen molar-refractivity contribution in [2.75, 3.05) is 39.2 Å². The molecule has 20 heteroatoms. The van der Waals surface area contributed by atoms with Gasteiger partial charge in [-0.3, -0.25) is 19.0 Å². The average Bonchev–Trinajstić information content (AvgIpc) is 2.95. The van der Waals surface area contributed by atoms with E-state index >= 15 is 0 Å². The number of benzene rings is 3. The molecule has 1 aliphatic rings. The second-order valence-electron chi connectivity index (χ2n) is 9.66. The Balaban J connectivity index is 1.37. The van der Waals surface area contributed by atoms with Gasteiger partial charge in [-0.05, 0) is 72.2 Å². The number of fused-ring (bicyclic) bond motifs is 1. The molecule has 0 saturated heterocycles. The summed E-state index contributed by atoms with van der Waals surface area (Å²) in [5, 5.41) is 10.6. The van der Waals surface area contributed by atoms with Crippen molar-refractivity contribution in [2.24, 2.45) is 4.99 Å². The van der Waals surface area contributed by atoms with Crippen LogP contribution in [0, 0.1) is 0 Å². The molecule has 2 unspecified atom stereocenters. The van der Waals surface area contributed by atoms with Crippen molar-refractivity contribution in [3.05, 3.63) is 60.7 Å². The summed E-state index contributed by atoms with van der Waals surface area (Å²) < 4.78 is 95.1. The maximum Gasteiger partial charge on any atom is 0.295 e. The van der Waals surface area contributed by atoms with Crippen LogP contribution in [-0.4, -0.2) is 78.9 Å². The first kappa shape index (κ1) is 35.0. The fraction of sp³-hybridized carbons (Fsp3) is 0.320. The lowest BCUT2D eigenvalue weighted by atomic mass is 10.1. The Kier molecular flexibility index (Phi) is 11.8. The van der Waals surface area contributed by atoms with Gasteiger partial charge in [0.2, 0.25) is 0 Å². The highest BCUT2D eigenvalue weighted by Crippen LogP contribution is 2.26. The van der Waals surface area contributed by atoms with Crippen molar-refractivity contribution >= 4 is 87.7 Å². The third-order valence-electron chi connectivity index (χ3n) is 6.08. The van der Waals surface area contributed by atoms with Gasteiger partial charge < -0.3 is 21.5 Å². The Morgan fingerprint density at radius 3 is 2.00 bits per heavy atom. The van der Waals surface area contributed by atoms with E-state index in [4.69, 9.17) is 9.11 Å². The molecule has 3 aromatic carbocycles. The third-order valence-corrected chi connectivity index (χ3v) is 10.8. The Morgan fingerprint density at radius 2 is 1.36 bits per heavy atom. The highest BCUT2D eigenvalue weighted by Gasteiger charge is 2.23. The Morgan fingerprint density at radius 1 is 0.756 bits per heavy atom. The molecule has 15 nitrogen and oxygen atoms in total. The zero-order chi connectivity index (χ0) is 32.7. The Labute approximate surface area is 269 Å². The standard InChI is InChI=1S/C25H32N6O9S5/c32-43(33,34)14-2-12-41-24-27-23(28-25(29-24)42-13-3-15-44(35,36)37)26-18-8-10-19(11-9-18)30-31-20-7-6-17-4-1-5-22(21(17)16-20)45(38,39)40/h1,4-11,16,24-25,29-31H,2-3,12-15H2,(H2,26,27,28)(H,32,33,34)(H,35,36,37)(H,38,39,40). The van der Waals surface area contributed by atoms with Crippen LogP contribution in [0.2, 0.25) is 0 Å². The minimum Gasteiger partial charge on any atom is -0.332 e. The quantitative estimate of drug-likeness (QED) is 0.0640. The largest absolute Gasteiger partial charge is 0.332 e. The van der Waals surface area contributed by atoms with Gasteiger partial charge >= 0.3 is 0 Å². The Hall–Kier alpha value is -2.82. The van der Waals surface area contributed by atoms with Crippen LogP contribution in [0.25, 0.3) is 10.8 Å². The summed E-state index contributed by atoms with van der Waals surface area (Å²) in [6.45, 7) is 0. The van der Waals surface area contributed by atoms with Gasteiger partial charge in [0.25, 0.3) is 30.4 Å². The number of anilines is 3. The number of hydrogen-bond donors (Lipinski definition) is 8. The normalized spacial score (nSPS) is 17.4. The van der Waals surface area contributed by atoms with Crippen LogP contribution in [-0.2, 0) is 30.4 Å². The highest BCUT2D eigenvalue weighted by atomic mass is 32.2. The second-order valence-corrected chi connectivity index (χ2v) is 16.6. The molecule has 0 fully saturated rings. The summed E-state index contributed by atoms with van der Waals surface area (Å²) in [4.78, 5) is 4.38. The molecule has 0 aliphatic carbocycles. The first-order valence-electron chi connectivity index (χ1n) is 13.3. The van der Waals surface area contributed by atoms with Crippen molar-refractivity contribution in [3.63, 3.8) is 0 Å². The first-order chi connectivity index (χ1) is 21.1. The van der Waals surface area contributed by atoms with Crippen LogP contribution in [0.4, 0.5) is 17.1 Å². The number of hydrazine groups is 1. The lowest BCUT2D eigenvalue weighted by Crippen LogP contribution is -2.53. The first-order valence-corrected chi connectivity index (χ1v) is 20.0. The van der Waals surface area contributed by atoms with E-state index in [9.17, 15) is 29.8 Å². The molecule has 0 amide bonds. The van der Waals surface area contributed by atoms with E-state index in [1.54, 1.807) is 54.6 Å². The molecular formula is C25H32N6O9S5. The molecule has 8 N–H and O–H groups in total. The zero-order valence-corrected chi connectivity index (χ0v) is 27.5. The van der Waals surface area contributed by atoms with Crippen LogP contribution in [0.15, 0.2) is 70.6 Å². The van der Waals surface area contributed by atoms with Crippen LogP contribution >= 0.6 is 23.5 Å². The van der Waals surface area contributed by atoms with Crippen molar-refractivity contribution in [2.45, 2.75) is 28.7 Å². The molecule has 1 aliphatic heterocycles. The maximum atomic E-state index is 11.8. The van der Waals surface area contributed by atoms with Gasteiger partial charge in [0, 0.05) is 11.1 Å². The molecular weight excluding hydrogens is 689 g/mol. The fourth-order valence-electron chi connectivity index (χ4n) is 4.07. The zero-order valence-electron chi connectivity index (χ0n) is 23.5. The monoisotopic (exact) mass is 720 g/mol. The van der Waals surface area contributed by atoms with Crippen molar-refractivity contribution < 1.29 is 38.9 Å². The predicted molar refractivity (Wildman–Crippen MR) is 179 cm³/mol. The minimum atomic E-state index is -4.40. The molecule has 1 heterocycles. The molecule has 3 aromatic rings. The lowest BCUT2D eigenvalue weighted by molar-refractivity contribution is 0.480. The van der Waals surface area contributed by atoms with Crippen LogP contribution in [0.1, 0.15) is 12.8 Å². The van der Waals surface area contributed by atoms with E-state index < -0.39 is 35.9 Å². The van der Waals surface area contributed by atoms with Crippen molar-refractivity contribution in [1.82, 2.24) is 10.6 Å². The molecule has 0 spiro atoms. The number of hydrogen-bond acceptors (Lipinski definition) is 14. The van der Waals surface area contributed by atoms with Crippen LogP contribution < -0.4 is 26.8 Å². The average molecular weight is 721 g/mol. The predicted octanol–water partition coefficient (Wildman–Crippen LogP) is 3.08. The summed E-state index contributed by atoms with van der Waals surface area (Å²) in [6.07, 6.45) is 0.460. The van der Waals surface area contributed by atoms with E-state index in [0.717, 1.165) is 0 Å². The van der Waals surface area contributed by atoms with Gasteiger partial charge in [-0.2, -0.15) is 25.3 Å². The summed E-state index contributed by atoms with van der Waals surface area (Å²) >= 11 is 2.72. The molecule has 4 rings (SSSR count). The minimum absolute atomic E-state index is 0.189. The van der Waals surface area contributed by atoms with E-state index in [2.05, 4.69) is 31.8 Å². The van der Waals surface area contributed by atoms with Gasteiger partial charge in [0.15, 0.2) is 11.5 Å². The lowest BCUT2D eigenvalue weighted by Gasteiger charge is -2.31. The Bertz CT molecular complexity index is 1840. The molecule has 45 heavy (non-hydrogen) atoms. The third kappa shape index (κ3) is 11.8. The molecule has 2 atom stereocenters. The number of rotatable bonds is 15. The van der Waals surface area contributed by atoms with Gasteiger partial charge in [-0.15, -0.1) is 23.5 Å². The van der Waals surface area contributed by atoms with Crippen LogP contribution in [0.3, 0.4) is 0 Å². The van der Waals surface area contributed by atoms with E-state index in [-0.39, 0.29) is 34.7 Å². The smallest absolute Gasteiger partial charge is 0.295 e.